The van der Waals surface area contributed by atoms with Gasteiger partial charge in [-0.1, -0.05) is 342 Å². The van der Waals surface area contributed by atoms with Gasteiger partial charge in [0, 0.05) is 12.5 Å². The molecule has 0 aromatic carbocycles. The molecule has 0 saturated carbocycles. The van der Waals surface area contributed by atoms with Crippen LogP contribution in [-0.2, 0) is 172 Å². The van der Waals surface area contributed by atoms with E-state index in [0.29, 0.717) is 64.4 Å². The van der Waals surface area contributed by atoms with E-state index in [4.69, 9.17) is 75.8 Å². The van der Waals surface area contributed by atoms with Gasteiger partial charge in [0.1, 0.15) is 95.1 Å². The van der Waals surface area contributed by atoms with Crippen molar-refractivity contribution in [2.45, 2.75) is 336 Å². The maximum atomic E-state index is 14.6. The normalized spacial score (nSPS) is 15.0. The van der Waals surface area contributed by atoms with Gasteiger partial charge in [-0.05, 0) is 143 Å². The van der Waals surface area contributed by atoms with Crippen molar-refractivity contribution in [3.8, 4) is 0 Å². The molecule has 0 aromatic heterocycles. The zero-order chi connectivity index (χ0) is 112. The van der Waals surface area contributed by atoms with Gasteiger partial charge in [-0.3, -0.25) is 81.5 Å². The molecule has 0 N–H and O–H groups in total. The van der Waals surface area contributed by atoms with Crippen LogP contribution in [0.1, 0.15) is 304 Å². The lowest BCUT2D eigenvalue weighted by molar-refractivity contribution is -0.177. The minimum Gasteiger partial charge on any atom is -0.469 e. The van der Waals surface area contributed by atoms with E-state index < -0.39 is 212 Å². The van der Waals surface area contributed by atoms with Gasteiger partial charge in [-0.25, -0.2) is 4.79 Å². The standard InChI is InChI=1S/C73H120I4O24.C17H24I4O8.C7H12O2.C5H10O2/c1-13-21-29-90-65(82)53(41-57(74)69(86)94-33-25-17-5)37-49(9)61(78)98-45-73(46-99-62(79)50(10)38-54(66(83)91-30-22-14-2)42-58(75)70(87)95-34-26-18-6,47-100-63(80)51(11)39-55(67(84)92-31-23-15-3)43-59(76)71(88)96-35-27-19-7)48-101-64(81)52(12)40-56(68(85)93-32-24-16-4)44-60(77)72(89)97-36-28-20-8;1-9(18)13(22)26-5-17(6-27-14(23)10(2)19,7-28-15(24)11(3)20)8-29-16(25)12(4)21;1-3-5-6-9-7(8)4-2;1-3-4-5(6)7-2/h49-60H,13-48H2,1-12H3;9-12H,5-8H2,1-4H3;4H,2-3,5-6H2,1H3;3-4H2,1-2H3. The highest BCUT2D eigenvalue weighted by Crippen LogP contribution is 2.34. The molecule has 0 fully saturated rings. The Labute approximate surface area is 975 Å². The second-order valence-corrected chi connectivity index (χ2v) is 49.2. The fourth-order valence-electron chi connectivity index (χ4n) is 12.0. The van der Waals surface area contributed by atoms with E-state index in [9.17, 15) is 86.3 Å². The highest BCUT2D eigenvalue weighted by Gasteiger charge is 2.45. The first-order chi connectivity index (χ1) is 69.0. The minimum absolute atomic E-state index is 0.0506. The lowest BCUT2D eigenvalue weighted by Crippen LogP contribution is -2.45. The van der Waals surface area contributed by atoms with Crippen LogP contribution in [0.5, 0.6) is 0 Å². The first-order valence-electron chi connectivity index (χ1n) is 50.6. The number of esters is 18. The maximum absolute atomic E-state index is 14.6. The van der Waals surface area contributed by atoms with Gasteiger partial charge in [0.25, 0.3) is 0 Å². The van der Waals surface area contributed by atoms with E-state index in [1.165, 1.54) is 40.9 Å². The molecule has 0 spiro atoms. The van der Waals surface area contributed by atoms with Crippen LogP contribution in [0, 0.1) is 58.2 Å². The molecular weight excluding hydrogens is 2820 g/mol. The van der Waals surface area contributed by atoms with Gasteiger partial charge in [-0.15, -0.1) is 0 Å². The molecule has 0 amide bonds. The number of unbranched alkanes of at least 4 members (excludes halogenated alkanes) is 9. The summed E-state index contributed by atoms with van der Waals surface area (Å²) in [7, 11) is 1.40. The molecule has 0 aliphatic heterocycles. The topological polar surface area (TPSA) is 473 Å². The zero-order valence-electron chi connectivity index (χ0n) is 89.1. The SMILES string of the molecule is C=CC(=O)OCCCC.CC(I)C(=O)OCC(COC(=O)C(C)I)(COC(=O)C(C)I)COC(=O)C(C)I.CCCC(=O)OC.CCCCOC(=O)C(I)CC(CC(C)C(=O)OCC(COC(=O)C(C)CC(CC(I)C(=O)OCCCC)C(=O)OCCCC)(COC(=O)C(C)CC(CC(I)C(=O)OCCCC)C(=O)OCCCC)COC(=O)C(C)CC(CC(I)C(=O)OCCCC)C(=O)OCCCC)C(=O)OCCCC. The first-order valence-corrected chi connectivity index (χ1v) is 60.6. The Morgan fingerprint density at radius 1 is 0.226 bits per heavy atom. The molecule has 0 aliphatic rings. The number of rotatable bonds is 78. The van der Waals surface area contributed by atoms with Crippen molar-refractivity contribution in [2.24, 2.45) is 58.2 Å². The van der Waals surface area contributed by atoms with Crippen LogP contribution in [0.4, 0.5) is 0 Å². The van der Waals surface area contributed by atoms with Crippen molar-refractivity contribution in [1.29, 1.82) is 0 Å². The van der Waals surface area contributed by atoms with Crippen LogP contribution < -0.4 is 0 Å². The Kier molecular flexibility index (Phi) is 92.7. The highest BCUT2D eigenvalue weighted by atomic mass is 127. The van der Waals surface area contributed by atoms with Gasteiger partial charge in [0.15, 0.2) is 0 Å². The summed E-state index contributed by atoms with van der Waals surface area (Å²) in [5.41, 5.74) is -3.20. The number of methoxy groups -OCH3 is 1. The molecule has 0 aliphatic carbocycles. The Balaban J connectivity index is -0.00000182. The third-order valence-electron chi connectivity index (χ3n) is 21.5. The lowest BCUT2D eigenvalue weighted by Gasteiger charge is -2.33. The number of ether oxygens (including phenoxy) is 18. The Hall–Kier alpha value is -3.96. The van der Waals surface area contributed by atoms with Crippen molar-refractivity contribution in [2.75, 3.05) is 119 Å². The number of carbonyl (C=O) groups excluding carboxylic acids is 18. The van der Waals surface area contributed by atoms with E-state index in [1.807, 2.05) is 250 Å². The molecule has 146 heavy (non-hydrogen) atoms. The molecule has 44 heteroatoms. The van der Waals surface area contributed by atoms with Crippen molar-refractivity contribution >= 4 is 288 Å². The molecule has 36 nitrogen and oxygen atoms in total. The van der Waals surface area contributed by atoms with Crippen LogP contribution in [0.25, 0.3) is 0 Å². The molecule has 0 bridgehead atoms. The van der Waals surface area contributed by atoms with Crippen LogP contribution in [-0.4, -0.2) is 258 Å². The summed E-state index contributed by atoms with van der Waals surface area (Å²) in [6, 6.07) is 0. The summed E-state index contributed by atoms with van der Waals surface area (Å²) < 4.78 is 94.2. The highest BCUT2D eigenvalue weighted by molar-refractivity contribution is 14.1. The summed E-state index contributed by atoms with van der Waals surface area (Å²) in [5.74, 6) is -19.1. The van der Waals surface area contributed by atoms with Crippen LogP contribution in [0.3, 0.4) is 0 Å². The predicted molar refractivity (Wildman–Crippen MR) is 615 cm³/mol. The van der Waals surface area contributed by atoms with Crippen LogP contribution in [0.15, 0.2) is 12.7 Å². The molecule has 0 radical (unpaired) electrons. The predicted octanol–water partition coefficient (Wildman–Crippen LogP) is 20.2. The lowest BCUT2D eigenvalue weighted by atomic mass is 9.89. The summed E-state index contributed by atoms with van der Waals surface area (Å²) in [4.78, 5) is 234. The maximum Gasteiger partial charge on any atom is 0.330 e. The van der Waals surface area contributed by atoms with Gasteiger partial charge >= 0.3 is 107 Å². The van der Waals surface area contributed by atoms with Crippen molar-refractivity contribution in [3.05, 3.63) is 12.7 Å². The van der Waals surface area contributed by atoms with Gasteiger partial charge in [-0.2, -0.15) is 0 Å². The number of hydrogen-bond donors (Lipinski definition) is 0. The molecule has 0 saturated heterocycles. The van der Waals surface area contributed by atoms with Crippen LogP contribution in [0.2, 0.25) is 0 Å². The second kappa shape index (κ2) is 91.3. The summed E-state index contributed by atoms with van der Waals surface area (Å²) in [6.07, 6.45) is 14.4. The fraction of sp³-hybridized carbons (Fsp3) is 0.804. The molecule has 0 heterocycles. The third kappa shape index (κ3) is 73.4. The van der Waals surface area contributed by atoms with E-state index in [0.717, 1.165) is 70.6 Å². The Bertz CT molecular complexity index is 3330. The molecular formula is C102H166I8O36. The van der Waals surface area contributed by atoms with E-state index in [2.05, 4.69) is 16.1 Å². The number of carbonyl (C=O) groups is 18. The number of hydrogen-bond acceptors (Lipinski definition) is 36. The molecule has 846 valence electrons. The fourth-order valence-corrected chi connectivity index (χ4v) is 15.9. The van der Waals surface area contributed by atoms with Crippen molar-refractivity contribution in [3.63, 3.8) is 0 Å². The first kappa shape index (κ1) is 148. The van der Waals surface area contributed by atoms with Crippen LogP contribution >= 0.6 is 181 Å². The van der Waals surface area contributed by atoms with Crippen molar-refractivity contribution < 1.29 is 172 Å². The Morgan fingerprint density at radius 3 is 0.534 bits per heavy atom. The third-order valence-corrected chi connectivity index (χ3v) is 27.6. The molecule has 0 rings (SSSR count). The summed E-state index contributed by atoms with van der Waals surface area (Å²) in [5, 5.41) is 0. The average molecular weight is 2980 g/mol. The monoisotopic (exact) mass is 2980 g/mol. The number of halogens is 8. The molecule has 16 unspecified atom stereocenters. The largest absolute Gasteiger partial charge is 0.469 e. The average Bonchev–Trinajstić information content (AvgIpc) is 0.839. The van der Waals surface area contributed by atoms with E-state index >= 15 is 0 Å². The van der Waals surface area contributed by atoms with Gasteiger partial charge in [0.05, 0.1) is 114 Å². The number of alkyl halides is 8. The van der Waals surface area contributed by atoms with Crippen molar-refractivity contribution in [1.82, 2.24) is 0 Å². The van der Waals surface area contributed by atoms with E-state index in [-0.39, 0.29) is 143 Å². The van der Waals surface area contributed by atoms with E-state index in [1.54, 1.807) is 27.7 Å². The summed E-state index contributed by atoms with van der Waals surface area (Å²) >= 11 is 15.2. The second-order valence-electron chi connectivity index (χ2n) is 35.7. The minimum atomic E-state index is -1.99. The molecule has 16 atom stereocenters. The van der Waals surface area contributed by atoms with Gasteiger partial charge < -0.3 is 85.3 Å². The zero-order valence-corrected chi connectivity index (χ0v) is 106. The smallest absolute Gasteiger partial charge is 0.330 e. The summed E-state index contributed by atoms with van der Waals surface area (Å²) in [6.45, 7) is 32.9. The quantitative estimate of drug-likeness (QED) is 0.0136. The molecule has 0 aromatic rings. The Morgan fingerprint density at radius 2 is 0.390 bits per heavy atom. The van der Waals surface area contributed by atoms with Gasteiger partial charge in [0.2, 0.25) is 0 Å².